The molecule has 0 radical (unpaired) electrons. The van der Waals surface area contributed by atoms with Crippen LogP contribution in [0.1, 0.15) is 32.1 Å². The number of amides is 2. The summed E-state index contributed by atoms with van der Waals surface area (Å²) in [5.74, 6) is -0.544. The molecule has 24 heavy (non-hydrogen) atoms. The fourth-order valence-corrected chi connectivity index (χ4v) is 3.72. The predicted octanol–water partition coefficient (Wildman–Crippen LogP) is 3.87. The number of nitrogens with one attached hydrogen (secondary N) is 1. The molecule has 1 aliphatic carbocycles. The average molecular weight is 347 g/mol. The Morgan fingerprint density at radius 2 is 1.75 bits per heavy atom. The van der Waals surface area contributed by atoms with Gasteiger partial charge in [0.05, 0.1) is 11.8 Å². The number of likely N-dealkylation sites (tertiary alicyclic amines) is 1. The van der Waals surface area contributed by atoms with Gasteiger partial charge in [-0.3, -0.25) is 9.59 Å². The third-order valence-corrected chi connectivity index (χ3v) is 5.08. The number of nitrogens with zero attached hydrogens (tertiary/aromatic N) is 1. The van der Waals surface area contributed by atoms with Crippen LogP contribution in [0.25, 0.3) is 0 Å². The van der Waals surface area contributed by atoms with E-state index < -0.39 is 0 Å². The van der Waals surface area contributed by atoms with E-state index in [-0.39, 0.29) is 23.7 Å². The molecule has 0 saturated carbocycles. The van der Waals surface area contributed by atoms with E-state index >= 15 is 0 Å². The largest absolute Gasteiger partial charge is 0.342 e. The molecule has 1 aromatic carbocycles. The molecule has 1 fully saturated rings. The number of benzene rings is 1. The minimum Gasteiger partial charge on any atom is -0.342 e. The van der Waals surface area contributed by atoms with Crippen LogP contribution in [0.3, 0.4) is 0 Å². The second kappa shape index (κ2) is 7.84. The van der Waals surface area contributed by atoms with Crippen molar-refractivity contribution in [1.29, 1.82) is 0 Å². The predicted molar refractivity (Wildman–Crippen MR) is 95.9 cm³/mol. The van der Waals surface area contributed by atoms with Gasteiger partial charge >= 0.3 is 0 Å². The lowest BCUT2D eigenvalue weighted by atomic mass is 9.81. The third kappa shape index (κ3) is 3.99. The summed E-state index contributed by atoms with van der Waals surface area (Å²) in [6, 6.07) is 7.10. The van der Waals surface area contributed by atoms with E-state index in [1.165, 1.54) is 6.42 Å². The van der Waals surface area contributed by atoms with Crippen LogP contribution in [0.4, 0.5) is 5.69 Å². The summed E-state index contributed by atoms with van der Waals surface area (Å²) in [7, 11) is 0. The Kier molecular flexibility index (Phi) is 5.56. The Hall–Kier alpha value is -1.81. The number of allylic oxidation sites excluding steroid dienone is 2. The first-order valence-electron chi connectivity index (χ1n) is 8.65. The van der Waals surface area contributed by atoms with Crippen LogP contribution in [0.5, 0.6) is 0 Å². The molecule has 0 aromatic heterocycles. The van der Waals surface area contributed by atoms with Crippen LogP contribution in [0.2, 0.25) is 5.02 Å². The molecular weight excluding hydrogens is 324 g/mol. The Bertz CT molecular complexity index is 638. The molecule has 3 rings (SSSR count). The first kappa shape index (κ1) is 17.0. The molecular formula is C19H23ClN2O2. The van der Waals surface area contributed by atoms with Crippen molar-refractivity contribution in [2.45, 2.75) is 32.1 Å². The minimum atomic E-state index is -0.316. The average Bonchev–Trinajstić information content (AvgIpc) is 2.62. The molecule has 2 atom stereocenters. The lowest BCUT2D eigenvalue weighted by Gasteiger charge is -2.34. The zero-order valence-corrected chi connectivity index (χ0v) is 14.5. The number of hydrogen-bond donors (Lipinski definition) is 1. The molecule has 1 aromatic rings. The number of rotatable bonds is 3. The lowest BCUT2D eigenvalue weighted by Crippen LogP contribution is -2.45. The SMILES string of the molecule is O=C(Nc1cccc(Cl)c1)C1CC=CCC1C(=O)N1CCCCC1. The molecule has 4 nitrogen and oxygen atoms in total. The van der Waals surface area contributed by atoms with E-state index in [2.05, 4.69) is 5.32 Å². The van der Waals surface area contributed by atoms with Crippen molar-refractivity contribution in [2.75, 3.05) is 18.4 Å². The number of hydrogen-bond acceptors (Lipinski definition) is 2. The van der Waals surface area contributed by atoms with Crippen molar-refractivity contribution < 1.29 is 9.59 Å². The second-order valence-electron chi connectivity index (χ2n) is 6.54. The standard InChI is InChI=1S/C19H23ClN2O2/c20-14-7-6-8-15(13-14)21-18(23)16-9-2-3-10-17(16)19(24)22-11-4-1-5-12-22/h2-3,6-8,13,16-17H,1,4-5,9-12H2,(H,21,23). The minimum absolute atomic E-state index is 0.100. The van der Waals surface area contributed by atoms with Gasteiger partial charge in [-0.2, -0.15) is 0 Å². The lowest BCUT2D eigenvalue weighted by molar-refractivity contribution is -0.141. The summed E-state index contributed by atoms with van der Waals surface area (Å²) >= 11 is 5.97. The maximum atomic E-state index is 12.9. The van der Waals surface area contributed by atoms with Crippen molar-refractivity contribution in [3.05, 3.63) is 41.4 Å². The van der Waals surface area contributed by atoms with Crippen molar-refractivity contribution in [3.63, 3.8) is 0 Å². The van der Waals surface area contributed by atoms with Crippen LogP contribution in [0.15, 0.2) is 36.4 Å². The van der Waals surface area contributed by atoms with Gasteiger partial charge in [0.2, 0.25) is 11.8 Å². The Morgan fingerprint density at radius 3 is 2.46 bits per heavy atom. The van der Waals surface area contributed by atoms with Gasteiger partial charge in [-0.05, 0) is 50.3 Å². The number of piperidine rings is 1. The van der Waals surface area contributed by atoms with E-state index in [0.717, 1.165) is 25.9 Å². The van der Waals surface area contributed by atoms with Crippen LogP contribution in [-0.4, -0.2) is 29.8 Å². The monoisotopic (exact) mass is 346 g/mol. The van der Waals surface area contributed by atoms with E-state index in [0.29, 0.717) is 23.6 Å². The van der Waals surface area contributed by atoms with E-state index in [4.69, 9.17) is 11.6 Å². The zero-order valence-electron chi connectivity index (χ0n) is 13.7. The van der Waals surface area contributed by atoms with Crippen molar-refractivity contribution in [3.8, 4) is 0 Å². The highest BCUT2D eigenvalue weighted by Gasteiger charge is 2.36. The molecule has 0 bridgehead atoms. The molecule has 1 aliphatic heterocycles. The van der Waals surface area contributed by atoms with E-state index in [1.54, 1.807) is 18.2 Å². The van der Waals surface area contributed by atoms with Crippen molar-refractivity contribution in [2.24, 2.45) is 11.8 Å². The van der Waals surface area contributed by atoms with Crippen molar-refractivity contribution in [1.82, 2.24) is 4.90 Å². The van der Waals surface area contributed by atoms with E-state index in [9.17, 15) is 9.59 Å². The van der Waals surface area contributed by atoms with Gasteiger partial charge in [0.15, 0.2) is 0 Å². The van der Waals surface area contributed by atoms with Gasteiger partial charge in [-0.15, -0.1) is 0 Å². The maximum absolute atomic E-state index is 12.9. The quantitative estimate of drug-likeness (QED) is 0.844. The third-order valence-electron chi connectivity index (χ3n) is 4.85. The number of carbonyl (C=O) groups is 2. The van der Waals surface area contributed by atoms with Gasteiger partial charge in [0.1, 0.15) is 0 Å². The molecule has 0 spiro atoms. The van der Waals surface area contributed by atoms with E-state index in [1.807, 2.05) is 23.1 Å². The zero-order chi connectivity index (χ0) is 16.9. The topological polar surface area (TPSA) is 49.4 Å². The number of halogens is 1. The highest BCUT2D eigenvalue weighted by Crippen LogP contribution is 2.30. The number of carbonyl (C=O) groups excluding carboxylic acids is 2. The second-order valence-corrected chi connectivity index (χ2v) is 6.98. The summed E-state index contributed by atoms with van der Waals surface area (Å²) in [6.07, 6.45) is 8.59. The Morgan fingerprint density at radius 1 is 1.04 bits per heavy atom. The van der Waals surface area contributed by atoms with Crippen LogP contribution in [0, 0.1) is 11.8 Å². The van der Waals surface area contributed by atoms with Gasteiger partial charge in [-0.25, -0.2) is 0 Å². The number of anilines is 1. The Balaban J connectivity index is 1.70. The van der Waals surface area contributed by atoms with Crippen LogP contribution in [-0.2, 0) is 9.59 Å². The fraction of sp³-hybridized carbons (Fsp3) is 0.474. The Labute approximate surface area is 147 Å². The molecule has 5 heteroatoms. The normalized spacial score (nSPS) is 23.8. The maximum Gasteiger partial charge on any atom is 0.228 e. The molecule has 1 N–H and O–H groups in total. The summed E-state index contributed by atoms with van der Waals surface area (Å²) in [6.45, 7) is 1.64. The highest BCUT2D eigenvalue weighted by atomic mass is 35.5. The highest BCUT2D eigenvalue weighted by molar-refractivity contribution is 6.30. The summed E-state index contributed by atoms with van der Waals surface area (Å²) in [4.78, 5) is 27.5. The molecule has 1 saturated heterocycles. The van der Waals surface area contributed by atoms with Gasteiger partial charge < -0.3 is 10.2 Å². The first-order valence-corrected chi connectivity index (χ1v) is 9.03. The molecule has 1 heterocycles. The first-order chi connectivity index (χ1) is 11.6. The van der Waals surface area contributed by atoms with Crippen molar-refractivity contribution >= 4 is 29.1 Å². The summed E-state index contributed by atoms with van der Waals surface area (Å²) < 4.78 is 0. The smallest absolute Gasteiger partial charge is 0.228 e. The summed E-state index contributed by atoms with van der Waals surface area (Å²) in [5, 5.41) is 3.49. The molecule has 2 unspecified atom stereocenters. The van der Waals surface area contributed by atoms with Gasteiger partial charge in [0.25, 0.3) is 0 Å². The molecule has 128 valence electrons. The van der Waals surface area contributed by atoms with Crippen LogP contribution < -0.4 is 5.32 Å². The summed E-state index contributed by atoms with van der Waals surface area (Å²) in [5.41, 5.74) is 0.672. The van der Waals surface area contributed by atoms with Crippen LogP contribution >= 0.6 is 11.6 Å². The van der Waals surface area contributed by atoms with Gasteiger partial charge in [-0.1, -0.05) is 29.8 Å². The fourth-order valence-electron chi connectivity index (χ4n) is 3.53. The molecule has 2 aliphatic rings. The molecule has 2 amide bonds. The van der Waals surface area contributed by atoms with Gasteiger partial charge in [0, 0.05) is 23.8 Å².